The topological polar surface area (TPSA) is 70.7 Å². The summed E-state index contributed by atoms with van der Waals surface area (Å²) in [6.07, 6.45) is 1.07. The van der Waals surface area contributed by atoms with E-state index >= 15 is 0 Å². The molecule has 3 atom stereocenters. The molecular formula is C24H24ClN3O3S. The number of piperazine rings is 1. The van der Waals surface area contributed by atoms with Crippen molar-refractivity contribution in [2.45, 2.75) is 37.5 Å². The van der Waals surface area contributed by atoms with Gasteiger partial charge in [0.05, 0.1) is 12.1 Å². The van der Waals surface area contributed by atoms with E-state index in [-0.39, 0.29) is 17.9 Å². The molecule has 0 unspecified atom stereocenters. The molecule has 0 bridgehead atoms. The molecule has 166 valence electrons. The molecule has 2 aliphatic heterocycles. The number of rotatable bonds is 6. The van der Waals surface area contributed by atoms with Gasteiger partial charge in [0.15, 0.2) is 0 Å². The van der Waals surface area contributed by atoms with Crippen molar-refractivity contribution in [1.29, 1.82) is 0 Å². The molecule has 2 aliphatic rings. The molecule has 8 heteroatoms. The van der Waals surface area contributed by atoms with Gasteiger partial charge < -0.3 is 20.3 Å². The first kappa shape index (κ1) is 21.2. The van der Waals surface area contributed by atoms with Crippen molar-refractivity contribution in [3.63, 3.8) is 0 Å². The van der Waals surface area contributed by atoms with Gasteiger partial charge in [-0.3, -0.25) is 9.59 Å². The Morgan fingerprint density at radius 3 is 2.72 bits per heavy atom. The molecule has 0 aliphatic carbocycles. The van der Waals surface area contributed by atoms with Gasteiger partial charge in [0, 0.05) is 40.5 Å². The van der Waals surface area contributed by atoms with Crippen molar-refractivity contribution in [2.24, 2.45) is 0 Å². The Labute approximate surface area is 195 Å². The molecule has 2 saturated heterocycles. The zero-order valence-electron chi connectivity index (χ0n) is 17.6. The van der Waals surface area contributed by atoms with E-state index in [0.717, 1.165) is 31.3 Å². The first-order valence-corrected chi connectivity index (χ1v) is 11.9. The Hall–Kier alpha value is -2.61. The molecule has 2 aromatic carbocycles. The third-order valence-corrected chi connectivity index (χ3v) is 7.97. The minimum absolute atomic E-state index is 0.0189. The van der Waals surface area contributed by atoms with Crippen LogP contribution in [0.2, 0.25) is 5.02 Å². The molecule has 0 saturated carbocycles. The Morgan fingerprint density at radius 1 is 1.19 bits per heavy atom. The van der Waals surface area contributed by atoms with Crippen LogP contribution in [0, 0.1) is 0 Å². The van der Waals surface area contributed by atoms with E-state index in [2.05, 4.69) is 16.7 Å². The van der Waals surface area contributed by atoms with Crippen LogP contribution in [-0.4, -0.2) is 48.5 Å². The number of nitrogens with zero attached hydrogens (tertiary/aromatic N) is 1. The Morgan fingerprint density at radius 2 is 1.97 bits per heavy atom. The lowest BCUT2D eigenvalue weighted by Gasteiger charge is -2.34. The number of carbonyl (C=O) groups is 2. The highest BCUT2D eigenvalue weighted by Crippen LogP contribution is 2.35. The van der Waals surface area contributed by atoms with Crippen LogP contribution < -0.4 is 15.4 Å². The summed E-state index contributed by atoms with van der Waals surface area (Å²) < 4.78 is 6.35. The monoisotopic (exact) mass is 469 g/mol. The standard InChI is InChI=1S/C24H24ClN3O3S/c1-31-16-8-6-14(7-9-16)10-18-24(30)28-13-15(11-19(28)23(29)27-18)26-12-21-22(25)17-4-2-3-5-20(17)32-21/h2-9,15,18-19,26H,10-13H2,1H3,(H,27,29)/t15-,18-,19-/m0/s1. The predicted molar refractivity (Wildman–Crippen MR) is 126 cm³/mol. The second kappa shape index (κ2) is 8.73. The van der Waals surface area contributed by atoms with Crippen LogP contribution in [-0.2, 0) is 22.6 Å². The molecule has 2 fully saturated rings. The molecule has 3 aromatic rings. The summed E-state index contributed by atoms with van der Waals surface area (Å²) in [5, 5.41) is 8.29. The quantitative estimate of drug-likeness (QED) is 0.580. The van der Waals surface area contributed by atoms with Crippen LogP contribution in [0.5, 0.6) is 5.75 Å². The number of benzene rings is 2. The fraction of sp³-hybridized carbons (Fsp3) is 0.333. The SMILES string of the molecule is COc1ccc(C[C@@H]2NC(=O)[C@@H]3C[C@H](NCc4sc5ccccc5c4Cl)CN3C2=O)cc1. The van der Waals surface area contributed by atoms with E-state index in [1.54, 1.807) is 23.3 Å². The average Bonchev–Trinajstić information content (AvgIpc) is 3.38. The van der Waals surface area contributed by atoms with Gasteiger partial charge in [-0.25, -0.2) is 0 Å². The number of carbonyl (C=O) groups excluding carboxylic acids is 2. The van der Waals surface area contributed by atoms with Crippen molar-refractivity contribution >= 4 is 44.8 Å². The fourth-order valence-electron chi connectivity index (χ4n) is 4.56. The molecule has 1 aromatic heterocycles. The highest BCUT2D eigenvalue weighted by atomic mass is 35.5. The number of fused-ring (bicyclic) bond motifs is 2. The molecule has 2 amide bonds. The molecule has 6 nitrogen and oxygen atoms in total. The molecule has 0 radical (unpaired) electrons. The summed E-state index contributed by atoms with van der Waals surface area (Å²) in [6.45, 7) is 1.15. The Kier molecular flexibility index (Phi) is 5.80. The summed E-state index contributed by atoms with van der Waals surface area (Å²) in [6, 6.07) is 14.8. The van der Waals surface area contributed by atoms with Crippen LogP contribution in [0.3, 0.4) is 0 Å². The number of ether oxygens (including phenoxy) is 1. The average molecular weight is 470 g/mol. The van der Waals surface area contributed by atoms with Gasteiger partial charge >= 0.3 is 0 Å². The number of amides is 2. The summed E-state index contributed by atoms with van der Waals surface area (Å²) in [7, 11) is 1.62. The van der Waals surface area contributed by atoms with E-state index in [1.165, 1.54) is 0 Å². The molecule has 32 heavy (non-hydrogen) atoms. The summed E-state index contributed by atoms with van der Waals surface area (Å²) in [5.74, 6) is 0.668. The van der Waals surface area contributed by atoms with Crippen LogP contribution in [0.15, 0.2) is 48.5 Å². The second-order valence-electron chi connectivity index (χ2n) is 8.27. The minimum atomic E-state index is -0.539. The first-order chi connectivity index (χ1) is 15.5. The summed E-state index contributed by atoms with van der Waals surface area (Å²) in [5.41, 5.74) is 0.983. The number of hydrogen-bond acceptors (Lipinski definition) is 5. The number of nitrogens with one attached hydrogen (secondary N) is 2. The van der Waals surface area contributed by atoms with E-state index < -0.39 is 12.1 Å². The summed E-state index contributed by atoms with van der Waals surface area (Å²) >= 11 is 8.23. The van der Waals surface area contributed by atoms with Crippen molar-refractivity contribution < 1.29 is 14.3 Å². The lowest BCUT2D eigenvalue weighted by Crippen LogP contribution is -2.61. The number of methoxy groups -OCH3 is 1. The van der Waals surface area contributed by atoms with E-state index in [4.69, 9.17) is 16.3 Å². The molecular weight excluding hydrogens is 446 g/mol. The lowest BCUT2D eigenvalue weighted by atomic mass is 10.0. The predicted octanol–water partition coefficient (Wildman–Crippen LogP) is 3.36. The maximum Gasteiger partial charge on any atom is 0.246 e. The van der Waals surface area contributed by atoms with Crippen molar-refractivity contribution in [2.75, 3.05) is 13.7 Å². The van der Waals surface area contributed by atoms with Gasteiger partial charge in [-0.2, -0.15) is 0 Å². The number of halogens is 1. The van der Waals surface area contributed by atoms with Crippen LogP contribution >= 0.6 is 22.9 Å². The zero-order valence-corrected chi connectivity index (χ0v) is 19.2. The minimum Gasteiger partial charge on any atom is -0.497 e. The highest BCUT2D eigenvalue weighted by Gasteiger charge is 2.46. The van der Waals surface area contributed by atoms with Gasteiger partial charge in [-0.15, -0.1) is 11.3 Å². The smallest absolute Gasteiger partial charge is 0.246 e. The third kappa shape index (κ3) is 3.96. The second-order valence-corrected chi connectivity index (χ2v) is 9.78. The van der Waals surface area contributed by atoms with E-state index in [0.29, 0.717) is 25.9 Å². The molecule has 0 spiro atoms. The van der Waals surface area contributed by atoms with Crippen LogP contribution in [0.1, 0.15) is 16.9 Å². The first-order valence-electron chi connectivity index (χ1n) is 10.7. The summed E-state index contributed by atoms with van der Waals surface area (Å²) in [4.78, 5) is 28.7. The van der Waals surface area contributed by atoms with Gasteiger partial charge in [0.1, 0.15) is 17.8 Å². The van der Waals surface area contributed by atoms with Gasteiger partial charge in [0.25, 0.3) is 0 Å². The van der Waals surface area contributed by atoms with E-state index in [9.17, 15) is 9.59 Å². The maximum absolute atomic E-state index is 13.1. The van der Waals surface area contributed by atoms with Crippen LogP contribution in [0.25, 0.3) is 10.1 Å². The van der Waals surface area contributed by atoms with Crippen molar-refractivity contribution in [3.05, 3.63) is 64.0 Å². The highest BCUT2D eigenvalue weighted by molar-refractivity contribution is 7.19. The van der Waals surface area contributed by atoms with Gasteiger partial charge in [-0.05, 0) is 30.2 Å². The number of hydrogen-bond donors (Lipinski definition) is 2. The van der Waals surface area contributed by atoms with Gasteiger partial charge in [0.2, 0.25) is 11.8 Å². The zero-order chi connectivity index (χ0) is 22.2. The molecule has 3 heterocycles. The Bertz CT molecular complexity index is 1160. The normalized spacial score (nSPS) is 22.8. The van der Waals surface area contributed by atoms with Gasteiger partial charge in [-0.1, -0.05) is 41.9 Å². The molecule has 2 N–H and O–H groups in total. The van der Waals surface area contributed by atoms with Crippen molar-refractivity contribution in [3.8, 4) is 5.75 Å². The number of thiophene rings is 1. The van der Waals surface area contributed by atoms with Crippen LogP contribution in [0.4, 0.5) is 0 Å². The lowest BCUT2D eigenvalue weighted by molar-refractivity contribution is -0.147. The fourth-order valence-corrected chi connectivity index (χ4v) is 6.01. The van der Waals surface area contributed by atoms with E-state index in [1.807, 2.05) is 42.5 Å². The third-order valence-electron chi connectivity index (χ3n) is 6.25. The molecule has 5 rings (SSSR count). The maximum atomic E-state index is 13.1. The largest absolute Gasteiger partial charge is 0.497 e. The van der Waals surface area contributed by atoms with Crippen molar-refractivity contribution in [1.82, 2.24) is 15.5 Å². The Balaban J connectivity index is 1.23.